The van der Waals surface area contributed by atoms with Gasteiger partial charge in [-0.15, -0.1) is 0 Å². The molecule has 0 heterocycles. The van der Waals surface area contributed by atoms with E-state index in [4.69, 9.17) is 24.2 Å². The van der Waals surface area contributed by atoms with E-state index < -0.39 is 5.97 Å². The molecule has 0 aliphatic heterocycles. The number of benzene rings is 3. The van der Waals surface area contributed by atoms with Gasteiger partial charge in [0.15, 0.2) is 0 Å². The van der Waals surface area contributed by atoms with Crippen LogP contribution in [0, 0.1) is 17.2 Å². The Morgan fingerprint density at radius 3 is 2.21 bits per heavy atom. The second-order valence-corrected chi connectivity index (χ2v) is 8.34. The van der Waals surface area contributed by atoms with E-state index in [1.54, 1.807) is 54.7 Å². The minimum atomic E-state index is -0.490. The van der Waals surface area contributed by atoms with Crippen molar-refractivity contribution in [2.24, 2.45) is 10.9 Å². The van der Waals surface area contributed by atoms with Crippen LogP contribution in [-0.2, 0) is 14.3 Å². The van der Waals surface area contributed by atoms with E-state index >= 15 is 0 Å². The summed E-state index contributed by atoms with van der Waals surface area (Å²) in [5.74, 6) is 0.296. The highest BCUT2D eigenvalue weighted by Gasteiger charge is 2.11. The number of nitrogens with zero attached hydrogens (tertiary/aromatic N) is 2. The Morgan fingerprint density at radius 1 is 0.895 bits per heavy atom. The topological polar surface area (TPSA) is 107 Å². The third-order valence-corrected chi connectivity index (χ3v) is 5.52. The Kier molecular flexibility index (Phi) is 11.0. The molecule has 0 aliphatic rings. The molecule has 0 saturated heterocycles. The Labute approximate surface area is 222 Å². The number of esters is 2. The Balaban J connectivity index is 1.38. The summed E-state index contributed by atoms with van der Waals surface area (Å²) in [7, 11) is 0. The molecule has 38 heavy (non-hydrogen) atoms. The Bertz CT molecular complexity index is 1250. The van der Waals surface area contributed by atoms with Gasteiger partial charge in [0.25, 0.3) is 0 Å². The average Bonchev–Trinajstić information content (AvgIpc) is 2.96. The third kappa shape index (κ3) is 9.19. The summed E-state index contributed by atoms with van der Waals surface area (Å²) in [5.41, 5.74) is 2.47. The molecule has 8 heteroatoms. The number of ether oxygens (including phenoxy) is 4. The summed E-state index contributed by atoms with van der Waals surface area (Å²) >= 11 is 0. The summed E-state index contributed by atoms with van der Waals surface area (Å²) in [4.78, 5) is 28.3. The highest BCUT2D eigenvalue weighted by molar-refractivity contribution is 5.91. The van der Waals surface area contributed by atoms with Gasteiger partial charge < -0.3 is 18.9 Å². The van der Waals surface area contributed by atoms with Crippen molar-refractivity contribution in [1.82, 2.24) is 0 Å². The largest absolute Gasteiger partial charge is 0.491 e. The summed E-state index contributed by atoms with van der Waals surface area (Å²) in [6.07, 6.45) is 2.48. The van der Waals surface area contributed by atoms with Gasteiger partial charge in [-0.05, 0) is 84.8 Å². The number of rotatable bonds is 13. The van der Waals surface area contributed by atoms with Crippen LogP contribution in [0.1, 0.15) is 41.8 Å². The molecule has 0 aliphatic carbocycles. The molecule has 0 amide bonds. The fourth-order valence-corrected chi connectivity index (χ4v) is 3.08. The number of carbonyl (C=O) groups is 2. The maximum atomic E-state index is 12.3. The number of nitriles is 1. The summed E-state index contributed by atoms with van der Waals surface area (Å²) in [5, 5.41) is 8.84. The van der Waals surface area contributed by atoms with E-state index in [1.807, 2.05) is 44.2 Å². The van der Waals surface area contributed by atoms with Gasteiger partial charge in [-0.3, -0.25) is 9.79 Å². The number of hydrogen-bond acceptors (Lipinski definition) is 8. The number of aliphatic imine (C=N–C) groups is 1. The van der Waals surface area contributed by atoms with Crippen LogP contribution in [0.3, 0.4) is 0 Å². The second kappa shape index (κ2) is 14.9. The van der Waals surface area contributed by atoms with E-state index in [-0.39, 0.29) is 18.5 Å². The van der Waals surface area contributed by atoms with Crippen molar-refractivity contribution < 1.29 is 28.5 Å². The molecule has 196 valence electrons. The molecule has 8 nitrogen and oxygen atoms in total. The lowest BCUT2D eigenvalue weighted by atomic mass is 10.1. The first-order chi connectivity index (χ1) is 18.5. The van der Waals surface area contributed by atoms with Gasteiger partial charge in [-0.2, -0.15) is 5.26 Å². The Hall–Kier alpha value is -4.48. The van der Waals surface area contributed by atoms with E-state index in [0.29, 0.717) is 48.1 Å². The first-order valence-electron chi connectivity index (χ1n) is 12.3. The third-order valence-electron chi connectivity index (χ3n) is 5.52. The van der Waals surface area contributed by atoms with Crippen LogP contribution >= 0.6 is 0 Å². The van der Waals surface area contributed by atoms with Gasteiger partial charge in [0, 0.05) is 6.21 Å². The van der Waals surface area contributed by atoms with Gasteiger partial charge in [0.1, 0.15) is 24.7 Å². The van der Waals surface area contributed by atoms with Crippen LogP contribution < -0.4 is 9.47 Å². The fourth-order valence-electron chi connectivity index (χ4n) is 3.08. The smallest absolute Gasteiger partial charge is 0.343 e. The van der Waals surface area contributed by atoms with E-state index in [9.17, 15) is 9.59 Å². The molecular formula is C30H30N2O6. The lowest BCUT2D eigenvalue weighted by Gasteiger charge is -2.10. The van der Waals surface area contributed by atoms with Crippen molar-refractivity contribution in [3.05, 3.63) is 89.5 Å². The molecule has 1 unspecified atom stereocenters. The van der Waals surface area contributed by atoms with Crippen LogP contribution in [0.5, 0.6) is 11.5 Å². The monoisotopic (exact) mass is 514 g/mol. The Morgan fingerprint density at radius 2 is 1.55 bits per heavy atom. The second-order valence-electron chi connectivity index (χ2n) is 8.34. The molecule has 0 bridgehead atoms. The van der Waals surface area contributed by atoms with Gasteiger partial charge >= 0.3 is 11.9 Å². The van der Waals surface area contributed by atoms with Gasteiger partial charge in [-0.1, -0.05) is 13.8 Å². The maximum Gasteiger partial charge on any atom is 0.343 e. The molecule has 0 N–H and O–H groups in total. The molecule has 3 aromatic rings. The van der Waals surface area contributed by atoms with Gasteiger partial charge in [0.05, 0.1) is 42.0 Å². The van der Waals surface area contributed by atoms with Crippen molar-refractivity contribution in [2.45, 2.75) is 20.3 Å². The molecule has 0 aromatic heterocycles. The molecule has 0 spiro atoms. The number of hydrogen-bond donors (Lipinski definition) is 0. The molecule has 1 atom stereocenters. The highest BCUT2D eigenvalue weighted by Crippen LogP contribution is 2.18. The standard InChI is InChI=1S/C30H30N2O6/c1-3-22(2)29(33)37-19-17-35-16-18-36-27-12-6-24(7-13-27)21-32-26-10-8-25(9-11-26)30(34)38-28-14-4-23(20-31)5-15-28/h4-15,21-22H,3,16-19H2,1-2H3/b32-21+. The minimum Gasteiger partial charge on any atom is -0.491 e. The first-order valence-corrected chi connectivity index (χ1v) is 12.3. The molecule has 0 radical (unpaired) electrons. The predicted molar refractivity (Wildman–Crippen MR) is 143 cm³/mol. The summed E-state index contributed by atoms with van der Waals surface area (Å²) in [6, 6.07) is 22.6. The summed E-state index contributed by atoms with van der Waals surface area (Å²) < 4.78 is 21.5. The van der Waals surface area contributed by atoms with Crippen LogP contribution in [0.15, 0.2) is 77.8 Å². The van der Waals surface area contributed by atoms with Crippen LogP contribution in [-0.4, -0.2) is 44.6 Å². The molecule has 0 fully saturated rings. The van der Waals surface area contributed by atoms with E-state index in [0.717, 1.165) is 12.0 Å². The quantitative estimate of drug-likeness (QED) is 0.128. The average molecular weight is 515 g/mol. The summed E-state index contributed by atoms with van der Waals surface area (Å²) in [6.45, 7) is 5.13. The van der Waals surface area contributed by atoms with E-state index in [1.165, 1.54) is 0 Å². The lowest BCUT2D eigenvalue weighted by molar-refractivity contribution is -0.149. The molecule has 3 aromatic carbocycles. The first kappa shape index (κ1) is 28.1. The minimum absolute atomic E-state index is 0.0929. The zero-order chi connectivity index (χ0) is 27.2. The highest BCUT2D eigenvalue weighted by atomic mass is 16.6. The van der Waals surface area contributed by atoms with E-state index in [2.05, 4.69) is 4.99 Å². The van der Waals surface area contributed by atoms with Gasteiger partial charge in [-0.25, -0.2) is 4.79 Å². The lowest BCUT2D eigenvalue weighted by Crippen LogP contribution is -2.18. The van der Waals surface area contributed by atoms with Gasteiger partial charge in [0.2, 0.25) is 0 Å². The fraction of sp³-hybridized carbons (Fsp3) is 0.267. The molecular weight excluding hydrogens is 484 g/mol. The normalized spacial score (nSPS) is 11.5. The van der Waals surface area contributed by atoms with Crippen molar-refractivity contribution in [1.29, 1.82) is 5.26 Å². The van der Waals surface area contributed by atoms with Crippen molar-refractivity contribution in [2.75, 3.05) is 26.4 Å². The van der Waals surface area contributed by atoms with Crippen LogP contribution in [0.25, 0.3) is 0 Å². The van der Waals surface area contributed by atoms with Crippen molar-refractivity contribution in [3.8, 4) is 17.6 Å². The predicted octanol–water partition coefficient (Wildman–Crippen LogP) is 5.51. The molecule has 0 saturated carbocycles. The zero-order valence-corrected chi connectivity index (χ0v) is 21.5. The number of carbonyl (C=O) groups excluding carboxylic acids is 2. The van der Waals surface area contributed by atoms with Crippen molar-refractivity contribution in [3.63, 3.8) is 0 Å². The zero-order valence-electron chi connectivity index (χ0n) is 21.5. The molecule has 3 rings (SSSR count). The maximum absolute atomic E-state index is 12.3. The SMILES string of the molecule is CCC(C)C(=O)OCCOCCOc1ccc(/C=N/c2ccc(C(=O)Oc3ccc(C#N)cc3)cc2)cc1. The van der Waals surface area contributed by atoms with Crippen molar-refractivity contribution >= 4 is 23.8 Å². The van der Waals surface area contributed by atoms with Crippen LogP contribution in [0.4, 0.5) is 5.69 Å². The van der Waals surface area contributed by atoms with Crippen LogP contribution in [0.2, 0.25) is 0 Å².